The number of hydrogen-bond acceptors (Lipinski definition) is 4. The molecule has 0 heterocycles. The monoisotopic (exact) mass is 339 g/mol. The van der Waals surface area contributed by atoms with Crippen LogP contribution < -0.4 is 10.6 Å². The molecule has 0 bridgehead atoms. The first-order valence-electron chi connectivity index (χ1n) is 7.56. The summed E-state index contributed by atoms with van der Waals surface area (Å²) in [5, 5.41) is 14.3. The highest BCUT2D eigenvalue weighted by Crippen LogP contribution is 2.10. The minimum atomic E-state index is -1.01. The molecule has 0 saturated heterocycles. The van der Waals surface area contributed by atoms with Crippen LogP contribution in [0.4, 0.5) is 10.1 Å². The number of carbonyl (C=O) groups is 3. The highest BCUT2D eigenvalue weighted by molar-refractivity contribution is 5.90. The molecule has 0 spiro atoms. The van der Waals surface area contributed by atoms with Gasteiger partial charge in [0.05, 0.1) is 0 Å². The summed E-state index contributed by atoms with van der Waals surface area (Å²) in [7, 11) is 0. The van der Waals surface area contributed by atoms with Crippen molar-refractivity contribution in [2.24, 2.45) is 0 Å². The predicted molar refractivity (Wildman–Crippen MR) is 87.0 cm³/mol. The van der Waals surface area contributed by atoms with Crippen molar-refractivity contribution in [1.29, 1.82) is 0 Å². The van der Waals surface area contributed by atoms with Gasteiger partial charge in [0.1, 0.15) is 11.9 Å². The van der Waals surface area contributed by atoms with Crippen molar-refractivity contribution < 1.29 is 23.9 Å². The minimum Gasteiger partial charge on any atom is -0.480 e. The molecule has 0 aromatic heterocycles. The molecular formula is C16H22FN3O4. The third kappa shape index (κ3) is 7.19. The van der Waals surface area contributed by atoms with Crippen LogP contribution >= 0.6 is 0 Å². The number of nitrogens with zero attached hydrogens (tertiary/aromatic N) is 1. The second-order valence-electron chi connectivity index (χ2n) is 5.34. The highest BCUT2D eigenvalue weighted by Gasteiger charge is 2.21. The summed E-state index contributed by atoms with van der Waals surface area (Å²) in [6, 6.07) is 4.73. The zero-order valence-corrected chi connectivity index (χ0v) is 13.7. The summed E-state index contributed by atoms with van der Waals surface area (Å²) in [5.74, 6) is -2.02. The smallest absolute Gasteiger partial charge is 0.320 e. The van der Waals surface area contributed by atoms with Crippen molar-refractivity contribution in [1.82, 2.24) is 10.2 Å². The Bertz CT molecular complexity index is 594. The number of carboxylic acid groups (broad SMARTS) is 1. The normalized spacial score (nSPS) is 11.8. The number of carbonyl (C=O) groups excluding carboxylic acids is 2. The van der Waals surface area contributed by atoms with E-state index in [0.717, 1.165) is 0 Å². The van der Waals surface area contributed by atoms with Crippen LogP contribution in [0.5, 0.6) is 0 Å². The number of aliphatic carboxylic acids is 1. The van der Waals surface area contributed by atoms with E-state index in [1.807, 2.05) is 0 Å². The van der Waals surface area contributed by atoms with Crippen molar-refractivity contribution >= 4 is 23.5 Å². The molecule has 0 aliphatic heterocycles. The van der Waals surface area contributed by atoms with Crippen LogP contribution in [0, 0.1) is 5.82 Å². The van der Waals surface area contributed by atoms with Crippen molar-refractivity contribution in [3.63, 3.8) is 0 Å². The first kappa shape index (κ1) is 19.6. The predicted octanol–water partition coefficient (Wildman–Crippen LogP) is 1.07. The lowest BCUT2D eigenvalue weighted by molar-refractivity contribution is -0.142. The highest BCUT2D eigenvalue weighted by atomic mass is 19.1. The molecule has 132 valence electrons. The topological polar surface area (TPSA) is 98.7 Å². The molecule has 1 rings (SSSR count). The van der Waals surface area contributed by atoms with Crippen LogP contribution in [0.25, 0.3) is 0 Å². The zero-order valence-electron chi connectivity index (χ0n) is 13.7. The van der Waals surface area contributed by atoms with Gasteiger partial charge in [-0.15, -0.1) is 0 Å². The largest absolute Gasteiger partial charge is 0.480 e. The molecule has 1 aromatic rings. The Balaban J connectivity index is 2.54. The van der Waals surface area contributed by atoms with Crippen molar-refractivity contribution in [3.8, 4) is 0 Å². The quantitative estimate of drug-likeness (QED) is 0.625. The molecule has 7 nitrogen and oxygen atoms in total. The fraction of sp³-hybridized carbons (Fsp3) is 0.438. The van der Waals surface area contributed by atoms with Gasteiger partial charge in [0.25, 0.3) is 0 Å². The number of amides is 2. The maximum absolute atomic E-state index is 13.1. The molecule has 24 heavy (non-hydrogen) atoms. The van der Waals surface area contributed by atoms with Gasteiger partial charge >= 0.3 is 5.97 Å². The second-order valence-corrected chi connectivity index (χ2v) is 5.34. The number of anilines is 1. The van der Waals surface area contributed by atoms with Crippen LogP contribution in [0.1, 0.15) is 20.3 Å². The van der Waals surface area contributed by atoms with Crippen molar-refractivity contribution in [2.45, 2.75) is 26.3 Å². The molecular weight excluding hydrogens is 317 g/mol. The number of halogens is 1. The number of nitrogens with one attached hydrogen (secondary N) is 2. The average molecular weight is 339 g/mol. The van der Waals surface area contributed by atoms with E-state index in [2.05, 4.69) is 10.6 Å². The Morgan fingerprint density at radius 1 is 1.29 bits per heavy atom. The summed E-state index contributed by atoms with van der Waals surface area (Å²) in [6.45, 7) is 3.69. The van der Waals surface area contributed by atoms with Crippen LogP contribution in [0.2, 0.25) is 0 Å². The lowest BCUT2D eigenvalue weighted by Gasteiger charge is -2.26. The van der Waals surface area contributed by atoms with Crippen LogP contribution in [-0.2, 0) is 14.4 Å². The van der Waals surface area contributed by atoms with Crippen LogP contribution in [0.3, 0.4) is 0 Å². The Kier molecular flexibility index (Phi) is 7.84. The fourth-order valence-corrected chi connectivity index (χ4v) is 2.07. The molecule has 0 aliphatic rings. The molecule has 1 unspecified atom stereocenters. The Labute approximate surface area is 139 Å². The second kappa shape index (κ2) is 9.61. The van der Waals surface area contributed by atoms with E-state index in [1.54, 1.807) is 11.0 Å². The molecule has 2 amide bonds. The SMILES string of the molecule is CC(=O)NCCN(CCC(=O)Nc1cccc(F)c1)C(C)C(=O)O. The van der Waals surface area contributed by atoms with Gasteiger partial charge in [0.2, 0.25) is 11.8 Å². The van der Waals surface area contributed by atoms with Gasteiger partial charge in [0.15, 0.2) is 0 Å². The fourth-order valence-electron chi connectivity index (χ4n) is 2.07. The maximum Gasteiger partial charge on any atom is 0.320 e. The van der Waals surface area contributed by atoms with Crippen LogP contribution in [-0.4, -0.2) is 53.5 Å². The van der Waals surface area contributed by atoms with E-state index in [9.17, 15) is 18.8 Å². The molecule has 0 saturated carbocycles. The summed E-state index contributed by atoms with van der Waals surface area (Å²) < 4.78 is 13.1. The summed E-state index contributed by atoms with van der Waals surface area (Å²) >= 11 is 0. The summed E-state index contributed by atoms with van der Waals surface area (Å²) in [5.41, 5.74) is 0.344. The first-order valence-corrected chi connectivity index (χ1v) is 7.56. The van der Waals surface area contributed by atoms with E-state index in [0.29, 0.717) is 18.8 Å². The molecule has 8 heteroatoms. The average Bonchev–Trinajstić information content (AvgIpc) is 2.49. The standard InChI is InChI=1S/C16H22FN3O4/c1-11(16(23)24)20(9-7-18-12(2)21)8-6-15(22)19-14-5-3-4-13(17)10-14/h3-5,10-11H,6-9H2,1-2H3,(H,18,21)(H,19,22)(H,23,24). The molecule has 3 N–H and O–H groups in total. The van der Waals surface area contributed by atoms with Gasteiger partial charge < -0.3 is 15.7 Å². The van der Waals surface area contributed by atoms with Gasteiger partial charge in [-0.3, -0.25) is 19.3 Å². The molecule has 1 atom stereocenters. The van der Waals surface area contributed by atoms with Gasteiger partial charge in [-0.05, 0) is 25.1 Å². The summed E-state index contributed by atoms with van der Waals surface area (Å²) in [4.78, 5) is 35.5. The minimum absolute atomic E-state index is 0.0498. The maximum atomic E-state index is 13.1. The Hall–Kier alpha value is -2.48. The van der Waals surface area contributed by atoms with Gasteiger partial charge in [-0.25, -0.2) is 4.39 Å². The van der Waals surface area contributed by atoms with Crippen LogP contribution in [0.15, 0.2) is 24.3 Å². The van der Waals surface area contributed by atoms with E-state index in [-0.39, 0.29) is 24.8 Å². The third-order valence-electron chi connectivity index (χ3n) is 3.41. The summed E-state index contributed by atoms with van der Waals surface area (Å²) in [6.07, 6.45) is 0.0498. The lowest BCUT2D eigenvalue weighted by Crippen LogP contribution is -2.44. The lowest BCUT2D eigenvalue weighted by atomic mass is 10.2. The molecule has 1 aromatic carbocycles. The van der Waals surface area contributed by atoms with Gasteiger partial charge in [0, 0.05) is 38.7 Å². The molecule has 0 aliphatic carbocycles. The number of hydrogen-bond donors (Lipinski definition) is 3. The van der Waals surface area contributed by atoms with E-state index >= 15 is 0 Å². The van der Waals surface area contributed by atoms with Gasteiger partial charge in [-0.2, -0.15) is 0 Å². The van der Waals surface area contributed by atoms with Gasteiger partial charge in [-0.1, -0.05) is 6.07 Å². The number of rotatable bonds is 9. The van der Waals surface area contributed by atoms with Crippen molar-refractivity contribution in [3.05, 3.63) is 30.1 Å². The van der Waals surface area contributed by atoms with E-state index in [1.165, 1.54) is 32.0 Å². The Morgan fingerprint density at radius 2 is 2.00 bits per heavy atom. The first-order chi connectivity index (χ1) is 11.3. The van der Waals surface area contributed by atoms with E-state index in [4.69, 9.17) is 5.11 Å². The number of carboxylic acids is 1. The Morgan fingerprint density at radius 3 is 2.58 bits per heavy atom. The van der Waals surface area contributed by atoms with E-state index < -0.39 is 17.8 Å². The molecule has 0 fully saturated rings. The molecule has 0 radical (unpaired) electrons. The zero-order chi connectivity index (χ0) is 18.1. The third-order valence-corrected chi connectivity index (χ3v) is 3.41. The van der Waals surface area contributed by atoms with Crippen molar-refractivity contribution in [2.75, 3.05) is 25.0 Å². The number of benzene rings is 1.